The standard InChI is InChI=1S/C12H25N3/c1-4-9-14-11(13-3)15-10-12(2)7-5-6-8-12/h4-10H2,1-3H3,(H2,13,14,15). The molecule has 1 rings (SSSR count). The molecule has 1 fully saturated rings. The van der Waals surface area contributed by atoms with Crippen LogP contribution in [-0.2, 0) is 0 Å². The summed E-state index contributed by atoms with van der Waals surface area (Å²) in [5.74, 6) is 0.949. The highest BCUT2D eigenvalue weighted by molar-refractivity contribution is 5.79. The zero-order chi connectivity index (χ0) is 11.1. The van der Waals surface area contributed by atoms with E-state index in [9.17, 15) is 0 Å². The second-order valence-electron chi connectivity index (χ2n) is 4.87. The molecule has 0 aromatic rings. The fourth-order valence-electron chi connectivity index (χ4n) is 2.17. The van der Waals surface area contributed by atoms with E-state index in [0.717, 1.165) is 25.5 Å². The number of guanidine groups is 1. The van der Waals surface area contributed by atoms with Crippen molar-refractivity contribution >= 4 is 5.96 Å². The molecule has 0 amide bonds. The number of nitrogens with one attached hydrogen (secondary N) is 2. The van der Waals surface area contributed by atoms with Crippen molar-refractivity contribution in [2.75, 3.05) is 20.1 Å². The normalized spacial score (nSPS) is 20.3. The van der Waals surface area contributed by atoms with Gasteiger partial charge in [0.1, 0.15) is 0 Å². The van der Waals surface area contributed by atoms with Gasteiger partial charge in [-0.25, -0.2) is 0 Å². The quantitative estimate of drug-likeness (QED) is 0.552. The molecule has 1 aliphatic carbocycles. The van der Waals surface area contributed by atoms with Gasteiger partial charge in [0.15, 0.2) is 5.96 Å². The van der Waals surface area contributed by atoms with Crippen LogP contribution < -0.4 is 10.6 Å². The summed E-state index contributed by atoms with van der Waals surface area (Å²) in [5.41, 5.74) is 0.490. The Morgan fingerprint density at radius 3 is 2.47 bits per heavy atom. The average Bonchev–Trinajstić information content (AvgIpc) is 2.66. The van der Waals surface area contributed by atoms with Crippen molar-refractivity contribution in [2.45, 2.75) is 46.0 Å². The minimum Gasteiger partial charge on any atom is -0.356 e. The van der Waals surface area contributed by atoms with Gasteiger partial charge in [-0.2, -0.15) is 0 Å². The fraction of sp³-hybridized carbons (Fsp3) is 0.917. The number of rotatable bonds is 4. The molecule has 15 heavy (non-hydrogen) atoms. The Morgan fingerprint density at radius 1 is 1.27 bits per heavy atom. The summed E-state index contributed by atoms with van der Waals surface area (Å²) in [7, 11) is 1.84. The minimum atomic E-state index is 0.490. The van der Waals surface area contributed by atoms with Crippen molar-refractivity contribution in [2.24, 2.45) is 10.4 Å². The summed E-state index contributed by atoms with van der Waals surface area (Å²) in [6, 6.07) is 0. The van der Waals surface area contributed by atoms with Gasteiger partial charge in [0, 0.05) is 20.1 Å². The summed E-state index contributed by atoms with van der Waals surface area (Å²) in [5, 5.41) is 6.72. The van der Waals surface area contributed by atoms with Crippen LogP contribution in [0.15, 0.2) is 4.99 Å². The topological polar surface area (TPSA) is 36.4 Å². The van der Waals surface area contributed by atoms with Gasteiger partial charge in [0.25, 0.3) is 0 Å². The second-order valence-corrected chi connectivity index (χ2v) is 4.87. The maximum absolute atomic E-state index is 4.21. The highest BCUT2D eigenvalue weighted by atomic mass is 15.2. The zero-order valence-corrected chi connectivity index (χ0v) is 10.4. The molecule has 0 saturated heterocycles. The third-order valence-corrected chi connectivity index (χ3v) is 3.26. The van der Waals surface area contributed by atoms with Crippen molar-refractivity contribution in [1.29, 1.82) is 0 Å². The molecule has 0 atom stereocenters. The van der Waals surface area contributed by atoms with E-state index in [1.165, 1.54) is 25.7 Å². The smallest absolute Gasteiger partial charge is 0.190 e. The largest absolute Gasteiger partial charge is 0.356 e. The Bertz CT molecular complexity index is 205. The molecule has 1 saturated carbocycles. The van der Waals surface area contributed by atoms with E-state index in [4.69, 9.17) is 0 Å². The van der Waals surface area contributed by atoms with E-state index in [1.54, 1.807) is 0 Å². The first-order chi connectivity index (χ1) is 7.20. The van der Waals surface area contributed by atoms with Crippen LogP contribution in [0.25, 0.3) is 0 Å². The van der Waals surface area contributed by atoms with Gasteiger partial charge in [0.2, 0.25) is 0 Å². The first-order valence-corrected chi connectivity index (χ1v) is 6.15. The first kappa shape index (κ1) is 12.3. The summed E-state index contributed by atoms with van der Waals surface area (Å²) in [4.78, 5) is 4.21. The molecule has 0 spiro atoms. The third-order valence-electron chi connectivity index (χ3n) is 3.26. The molecular formula is C12H25N3. The Kier molecular flexibility index (Phi) is 4.92. The monoisotopic (exact) mass is 211 g/mol. The molecule has 3 nitrogen and oxygen atoms in total. The predicted molar refractivity (Wildman–Crippen MR) is 66.2 cm³/mol. The van der Waals surface area contributed by atoms with Gasteiger partial charge in [-0.15, -0.1) is 0 Å². The van der Waals surface area contributed by atoms with Crippen molar-refractivity contribution in [3.05, 3.63) is 0 Å². The molecule has 2 N–H and O–H groups in total. The molecule has 0 radical (unpaired) electrons. The lowest BCUT2D eigenvalue weighted by atomic mass is 9.89. The third kappa shape index (κ3) is 4.10. The van der Waals surface area contributed by atoms with Crippen LogP contribution in [0.3, 0.4) is 0 Å². The van der Waals surface area contributed by atoms with E-state index in [2.05, 4.69) is 29.5 Å². The SMILES string of the molecule is CCCNC(=NC)NCC1(C)CCCC1. The van der Waals surface area contributed by atoms with Gasteiger partial charge in [-0.3, -0.25) is 4.99 Å². The highest BCUT2D eigenvalue weighted by Crippen LogP contribution is 2.36. The Balaban J connectivity index is 2.27. The van der Waals surface area contributed by atoms with E-state index < -0.39 is 0 Å². The minimum absolute atomic E-state index is 0.490. The Hall–Kier alpha value is -0.730. The van der Waals surface area contributed by atoms with E-state index >= 15 is 0 Å². The van der Waals surface area contributed by atoms with Crippen LogP contribution in [0.2, 0.25) is 0 Å². The van der Waals surface area contributed by atoms with Gasteiger partial charge in [-0.1, -0.05) is 26.7 Å². The second kappa shape index (κ2) is 5.99. The zero-order valence-electron chi connectivity index (χ0n) is 10.4. The molecule has 0 aliphatic heterocycles. The summed E-state index contributed by atoms with van der Waals surface area (Å²) in [6.45, 7) is 6.59. The van der Waals surface area contributed by atoms with Crippen LogP contribution >= 0.6 is 0 Å². The molecule has 88 valence electrons. The lowest BCUT2D eigenvalue weighted by Gasteiger charge is -2.25. The molecule has 0 bridgehead atoms. The van der Waals surface area contributed by atoms with Crippen LogP contribution in [0, 0.1) is 5.41 Å². The molecule has 0 aromatic carbocycles. The van der Waals surface area contributed by atoms with Crippen molar-refractivity contribution in [1.82, 2.24) is 10.6 Å². The number of nitrogens with zero attached hydrogens (tertiary/aromatic N) is 1. The summed E-state index contributed by atoms with van der Waals surface area (Å²) >= 11 is 0. The number of hydrogen-bond donors (Lipinski definition) is 2. The lowest BCUT2D eigenvalue weighted by Crippen LogP contribution is -2.42. The van der Waals surface area contributed by atoms with Gasteiger partial charge >= 0.3 is 0 Å². The summed E-state index contributed by atoms with van der Waals surface area (Å²) in [6.07, 6.45) is 6.62. The maximum atomic E-state index is 4.21. The van der Waals surface area contributed by atoms with Crippen molar-refractivity contribution in [3.63, 3.8) is 0 Å². The first-order valence-electron chi connectivity index (χ1n) is 6.15. The summed E-state index contributed by atoms with van der Waals surface area (Å²) < 4.78 is 0. The van der Waals surface area contributed by atoms with Gasteiger partial charge in [0.05, 0.1) is 0 Å². The predicted octanol–water partition coefficient (Wildman–Crippen LogP) is 2.14. The number of aliphatic imine (C=N–C) groups is 1. The van der Waals surface area contributed by atoms with Crippen LogP contribution in [-0.4, -0.2) is 26.1 Å². The van der Waals surface area contributed by atoms with Gasteiger partial charge < -0.3 is 10.6 Å². The van der Waals surface area contributed by atoms with E-state index in [1.807, 2.05) is 7.05 Å². The van der Waals surface area contributed by atoms with Gasteiger partial charge in [-0.05, 0) is 24.7 Å². The van der Waals surface area contributed by atoms with Crippen LogP contribution in [0.5, 0.6) is 0 Å². The fourth-order valence-corrected chi connectivity index (χ4v) is 2.17. The highest BCUT2D eigenvalue weighted by Gasteiger charge is 2.28. The molecule has 1 aliphatic rings. The lowest BCUT2D eigenvalue weighted by molar-refractivity contribution is 0.334. The van der Waals surface area contributed by atoms with Crippen molar-refractivity contribution in [3.8, 4) is 0 Å². The van der Waals surface area contributed by atoms with Crippen molar-refractivity contribution < 1.29 is 0 Å². The average molecular weight is 211 g/mol. The van der Waals surface area contributed by atoms with E-state index in [-0.39, 0.29) is 0 Å². The number of hydrogen-bond acceptors (Lipinski definition) is 1. The Morgan fingerprint density at radius 2 is 1.93 bits per heavy atom. The molecular weight excluding hydrogens is 186 g/mol. The molecule has 0 unspecified atom stereocenters. The molecule has 0 heterocycles. The maximum Gasteiger partial charge on any atom is 0.190 e. The molecule has 0 aromatic heterocycles. The van der Waals surface area contributed by atoms with Crippen LogP contribution in [0.4, 0.5) is 0 Å². The van der Waals surface area contributed by atoms with E-state index in [0.29, 0.717) is 5.41 Å². The Labute approximate surface area is 93.7 Å². The molecule has 3 heteroatoms. The van der Waals surface area contributed by atoms with Crippen LogP contribution in [0.1, 0.15) is 46.0 Å².